The molecule has 0 fully saturated rings. The van der Waals surface area contributed by atoms with Gasteiger partial charge in [-0.25, -0.2) is 0 Å². The molecule has 16 heavy (non-hydrogen) atoms. The maximum Gasteiger partial charge on any atom is 0.163 e. The summed E-state index contributed by atoms with van der Waals surface area (Å²) in [7, 11) is 1.60. The van der Waals surface area contributed by atoms with Crippen LogP contribution in [0.3, 0.4) is 0 Å². The summed E-state index contributed by atoms with van der Waals surface area (Å²) in [6.45, 7) is 0.477. The number of nitrogens with zero attached hydrogens (tertiary/aromatic N) is 1. The van der Waals surface area contributed by atoms with Gasteiger partial charge in [0.2, 0.25) is 0 Å². The van der Waals surface area contributed by atoms with Gasteiger partial charge in [0.1, 0.15) is 6.61 Å². The van der Waals surface area contributed by atoms with Gasteiger partial charge >= 0.3 is 0 Å². The summed E-state index contributed by atoms with van der Waals surface area (Å²) in [5, 5.41) is 0. The first kappa shape index (κ1) is 10.8. The molecular weight excluding hydrogens is 224 g/mol. The van der Waals surface area contributed by atoms with Crippen molar-refractivity contribution in [1.82, 2.24) is 4.98 Å². The Bertz CT molecular complexity index is 457. The molecule has 2 N–H and O–H groups in total. The fraction of sp³-hybridized carbons (Fsp3) is 0.182. The van der Waals surface area contributed by atoms with Crippen LogP contribution in [0.15, 0.2) is 29.9 Å². The molecular formula is C11H12N2O2S. The number of ether oxygens (including phenoxy) is 2. The van der Waals surface area contributed by atoms with Crippen LogP contribution in [-0.4, -0.2) is 12.1 Å². The molecule has 4 nitrogen and oxygen atoms in total. The molecule has 1 aromatic heterocycles. The predicted molar refractivity (Wildman–Crippen MR) is 63.9 cm³/mol. The first-order chi connectivity index (χ1) is 7.79. The summed E-state index contributed by atoms with van der Waals surface area (Å²) < 4.78 is 10.8. The summed E-state index contributed by atoms with van der Waals surface area (Å²) in [5.41, 5.74) is 8.11. The molecule has 0 radical (unpaired) electrons. The monoisotopic (exact) mass is 236 g/mol. The number of nitrogen functional groups attached to an aromatic ring is 1. The highest BCUT2D eigenvalue weighted by Crippen LogP contribution is 2.29. The Kier molecular flexibility index (Phi) is 3.26. The van der Waals surface area contributed by atoms with Crippen LogP contribution >= 0.6 is 11.3 Å². The van der Waals surface area contributed by atoms with E-state index in [1.165, 1.54) is 0 Å². The number of benzene rings is 1. The molecule has 2 rings (SSSR count). The molecule has 0 bridgehead atoms. The molecule has 1 aromatic carbocycles. The van der Waals surface area contributed by atoms with Crippen LogP contribution in [0.5, 0.6) is 11.5 Å². The number of nitrogens with two attached hydrogens (primary N) is 1. The lowest BCUT2D eigenvalue weighted by Gasteiger charge is -2.10. The first-order valence-corrected chi connectivity index (χ1v) is 5.61. The maximum absolute atomic E-state index is 5.69. The molecule has 2 aromatic rings. The highest BCUT2D eigenvalue weighted by molar-refractivity contribution is 7.09. The van der Waals surface area contributed by atoms with Crippen molar-refractivity contribution >= 4 is 17.0 Å². The fourth-order valence-corrected chi connectivity index (χ4v) is 1.77. The quantitative estimate of drug-likeness (QED) is 0.828. The topological polar surface area (TPSA) is 57.4 Å². The van der Waals surface area contributed by atoms with Crippen LogP contribution in [0.4, 0.5) is 5.69 Å². The zero-order valence-electron chi connectivity index (χ0n) is 8.84. The number of hydrogen-bond donors (Lipinski definition) is 1. The van der Waals surface area contributed by atoms with Crippen LogP contribution in [0.1, 0.15) is 4.88 Å². The summed E-state index contributed by atoms with van der Waals surface area (Å²) in [5.74, 6) is 1.33. The Labute approximate surface area is 97.6 Å². The van der Waals surface area contributed by atoms with E-state index in [4.69, 9.17) is 15.2 Å². The molecule has 84 valence electrons. The van der Waals surface area contributed by atoms with E-state index in [-0.39, 0.29) is 0 Å². The third kappa shape index (κ3) is 2.43. The van der Waals surface area contributed by atoms with Crippen molar-refractivity contribution < 1.29 is 9.47 Å². The standard InChI is InChI=1S/C11H12N2O2S/c1-14-10-3-2-8(12)4-11(10)15-6-9-5-13-7-16-9/h2-5,7H,6,12H2,1H3. The van der Waals surface area contributed by atoms with Crippen molar-refractivity contribution in [1.29, 1.82) is 0 Å². The molecule has 0 aliphatic heterocycles. The van der Waals surface area contributed by atoms with Gasteiger partial charge in [0.25, 0.3) is 0 Å². The Morgan fingerprint density at radius 1 is 1.38 bits per heavy atom. The molecule has 0 unspecified atom stereocenters. The van der Waals surface area contributed by atoms with Gasteiger partial charge in [-0.1, -0.05) is 0 Å². The Hall–Kier alpha value is -1.75. The normalized spacial score (nSPS) is 10.1. The Morgan fingerprint density at radius 3 is 2.94 bits per heavy atom. The second-order valence-corrected chi connectivity index (χ2v) is 4.14. The zero-order valence-corrected chi connectivity index (χ0v) is 9.66. The second-order valence-electron chi connectivity index (χ2n) is 3.17. The minimum absolute atomic E-state index is 0.477. The van der Waals surface area contributed by atoms with E-state index in [1.807, 2.05) is 0 Å². The molecule has 0 aliphatic carbocycles. The van der Waals surface area contributed by atoms with Crippen molar-refractivity contribution in [3.05, 3.63) is 34.8 Å². The highest BCUT2D eigenvalue weighted by atomic mass is 32.1. The van der Waals surface area contributed by atoms with E-state index in [0.29, 0.717) is 23.8 Å². The summed E-state index contributed by atoms with van der Waals surface area (Å²) in [6.07, 6.45) is 1.78. The molecule has 0 atom stereocenters. The average Bonchev–Trinajstić information content (AvgIpc) is 2.79. The number of methoxy groups -OCH3 is 1. The molecule has 1 heterocycles. The highest BCUT2D eigenvalue weighted by Gasteiger charge is 2.05. The van der Waals surface area contributed by atoms with Crippen LogP contribution in [0.2, 0.25) is 0 Å². The van der Waals surface area contributed by atoms with Crippen LogP contribution < -0.4 is 15.2 Å². The molecule has 0 saturated carbocycles. The summed E-state index contributed by atoms with van der Waals surface area (Å²) in [6, 6.07) is 5.32. The average molecular weight is 236 g/mol. The molecule has 5 heteroatoms. The minimum Gasteiger partial charge on any atom is -0.493 e. The van der Waals surface area contributed by atoms with Crippen molar-refractivity contribution in [3.63, 3.8) is 0 Å². The van der Waals surface area contributed by atoms with Gasteiger partial charge in [0, 0.05) is 18.0 Å². The summed E-state index contributed by atoms with van der Waals surface area (Å²) >= 11 is 1.55. The van der Waals surface area contributed by atoms with Gasteiger partial charge in [0.05, 0.1) is 17.5 Å². The zero-order chi connectivity index (χ0) is 11.4. The van der Waals surface area contributed by atoms with Gasteiger partial charge in [-0.3, -0.25) is 4.98 Å². The molecule has 0 spiro atoms. The number of rotatable bonds is 4. The van der Waals surface area contributed by atoms with Gasteiger partial charge < -0.3 is 15.2 Å². The van der Waals surface area contributed by atoms with Crippen LogP contribution in [0, 0.1) is 0 Å². The number of aromatic nitrogens is 1. The SMILES string of the molecule is COc1ccc(N)cc1OCc1cncs1. The minimum atomic E-state index is 0.477. The third-order valence-electron chi connectivity index (χ3n) is 2.04. The Balaban J connectivity index is 2.11. The predicted octanol–water partition coefficient (Wildman–Crippen LogP) is 2.31. The number of anilines is 1. The van der Waals surface area contributed by atoms with Gasteiger partial charge in [-0.2, -0.15) is 0 Å². The van der Waals surface area contributed by atoms with Crippen molar-refractivity contribution in [2.75, 3.05) is 12.8 Å². The Morgan fingerprint density at radius 2 is 2.25 bits per heavy atom. The van der Waals surface area contributed by atoms with E-state index >= 15 is 0 Å². The smallest absolute Gasteiger partial charge is 0.163 e. The van der Waals surface area contributed by atoms with E-state index in [1.54, 1.807) is 48.4 Å². The molecule has 0 amide bonds. The molecule has 0 aliphatic rings. The van der Waals surface area contributed by atoms with Crippen molar-refractivity contribution in [2.45, 2.75) is 6.61 Å². The second kappa shape index (κ2) is 4.85. The van der Waals surface area contributed by atoms with Crippen molar-refractivity contribution in [3.8, 4) is 11.5 Å². The maximum atomic E-state index is 5.69. The largest absolute Gasteiger partial charge is 0.493 e. The fourth-order valence-electron chi connectivity index (χ4n) is 1.27. The van der Waals surface area contributed by atoms with E-state index in [0.717, 1.165) is 4.88 Å². The molecule has 0 saturated heterocycles. The van der Waals surface area contributed by atoms with E-state index in [9.17, 15) is 0 Å². The van der Waals surface area contributed by atoms with Gasteiger partial charge in [0.15, 0.2) is 11.5 Å². The van der Waals surface area contributed by atoms with Crippen LogP contribution in [0.25, 0.3) is 0 Å². The third-order valence-corrected chi connectivity index (χ3v) is 2.79. The summed E-state index contributed by atoms with van der Waals surface area (Å²) in [4.78, 5) is 5.04. The lowest BCUT2D eigenvalue weighted by atomic mass is 10.3. The van der Waals surface area contributed by atoms with E-state index < -0.39 is 0 Å². The lowest BCUT2D eigenvalue weighted by molar-refractivity contribution is 0.287. The van der Waals surface area contributed by atoms with Crippen LogP contribution in [-0.2, 0) is 6.61 Å². The number of hydrogen-bond acceptors (Lipinski definition) is 5. The van der Waals surface area contributed by atoms with E-state index in [2.05, 4.69) is 4.98 Å². The van der Waals surface area contributed by atoms with Gasteiger partial charge in [-0.05, 0) is 12.1 Å². The number of thiazole rings is 1. The lowest BCUT2D eigenvalue weighted by Crippen LogP contribution is -1.97. The van der Waals surface area contributed by atoms with Crippen molar-refractivity contribution in [2.24, 2.45) is 0 Å². The first-order valence-electron chi connectivity index (χ1n) is 4.73. The van der Waals surface area contributed by atoms with Gasteiger partial charge in [-0.15, -0.1) is 11.3 Å².